The fourth-order valence-corrected chi connectivity index (χ4v) is 1.93. The molecule has 0 aliphatic rings. The lowest BCUT2D eigenvalue weighted by Gasteiger charge is -2.23. The van der Waals surface area contributed by atoms with Crippen molar-refractivity contribution in [3.8, 4) is 5.75 Å². The molecule has 1 aromatic rings. The van der Waals surface area contributed by atoms with E-state index >= 15 is 0 Å². The molecule has 1 amide bonds. The number of hydrogen-bond donors (Lipinski definition) is 1. The molecule has 1 atom stereocenters. The molecule has 1 rings (SSSR count). The molecule has 4 heteroatoms. The number of nitrogens with two attached hydrogens (primary N) is 1. The molecule has 0 fully saturated rings. The van der Waals surface area contributed by atoms with Crippen molar-refractivity contribution in [2.75, 3.05) is 14.2 Å². The van der Waals surface area contributed by atoms with Crippen molar-refractivity contribution >= 4 is 5.91 Å². The van der Waals surface area contributed by atoms with Crippen LogP contribution in [0.25, 0.3) is 0 Å². The quantitative estimate of drug-likeness (QED) is 0.884. The summed E-state index contributed by atoms with van der Waals surface area (Å²) in [6.45, 7) is 6.45. The Morgan fingerprint density at radius 3 is 2.53 bits per heavy atom. The highest BCUT2D eigenvalue weighted by molar-refractivity contribution is 5.81. The third-order valence-electron chi connectivity index (χ3n) is 3.26. The summed E-state index contributed by atoms with van der Waals surface area (Å²) in [7, 11) is 3.43. The van der Waals surface area contributed by atoms with Crippen molar-refractivity contribution < 1.29 is 9.53 Å². The Bertz CT molecular complexity index is 444. The first kappa shape index (κ1) is 15.5. The minimum Gasteiger partial charge on any atom is -0.496 e. The van der Waals surface area contributed by atoms with Crippen molar-refractivity contribution in [1.82, 2.24) is 4.90 Å². The lowest BCUT2D eigenvalue weighted by molar-refractivity contribution is -0.132. The van der Waals surface area contributed by atoms with E-state index < -0.39 is 6.04 Å². The van der Waals surface area contributed by atoms with Crippen LogP contribution in [-0.2, 0) is 11.3 Å². The zero-order chi connectivity index (χ0) is 14.6. The van der Waals surface area contributed by atoms with Gasteiger partial charge in [-0.2, -0.15) is 0 Å². The average Bonchev–Trinajstić information content (AvgIpc) is 2.37. The lowest BCUT2D eigenvalue weighted by atomic mass is 10.0. The van der Waals surface area contributed by atoms with Crippen LogP contribution < -0.4 is 10.5 Å². The molecule has 1 aromatic carbocycles. The van der Waals surface area contributed by atoms with Gasteiger partial charge in [0.05, 0.1) is 13.2 Å². The second-order valence-electron chi connectivity index (χ2n) is 5.27. The van der Waals surface area contributed by atoms with Gasteiger partial charge in [0.25, 0.3) is 0 Å². The molecule has 19 heavy (non-hydrogen) atoms. The van der Waals surface area contributed by atoms with E-state index in [1.165, 1.54) is 0 Å². The normalized spacial score (nSPS) is 12.4. The van der Waals surface area contributed by atoms with E-state index in [1.54, 1.807) is 19.1 Å². The van der Waals surface area contributed by atoms with E-state index in [0.717, 1.165) is 16.9 Å². The molecule has 0 saturated heterocycles. The summed E-state index contributed by atoms with van der Waals surface area (Å²) in [5.74, 6) is 0.979. The highest BCUT2D eigenvalue weighted by Gasteiger charge is 2.21. The number of likely N-dealkylation sites (N-methyl/N-ethyl adjacent to an activating group) is 1. The van der Waals surface area contributed by atoms with Gasteiger partial charge in [-0.15, -0.1) is 0 Å². The first-order valence-electron chi connectivity index (χ1n) is 6.51. The van der Waals surface area contributed by atoms with Crippen LogP contribution >= 0.6 is 0 Å². The van der Waals surface area contributed by atoms with Crippen LogP contribution in [0.2, 0.25) is 0 Å². The van der Waals surface area contributed by atoms with E-state index in [9.17, 15) is 4.79 Å². The highest BCUT2D eigenvalue weighted by Crippen LogP contribution is 2.19. The molecule has 0 radical (unpaired) electrons. The number of ether oxygens (including phenoxy) is 1. The Balaban J connectivity index is 2.74. The molecule has 4 nitrogen and oxygen atoms in total. The van der Waals surface area contributed by atoms with Gasteiger partial charge >= 0.3 is 0 Å². The largest absolute Gasteiger partial charge is 0.496 e. The maximum Gasteiger partial charge on any atom is 0.239 e. The molecular weight excluding hydrogens is 240 g/mol. The molecule has 0 unspecified atom stereocenters. The van der Waals surface area contributed by atoms with Crippen molar-refractivity contribution in [2.45, 2.75) is 33.4 Å². The molecule has 106 valence electrons. The van der Waals surface area contributed by atoms with E-state index in [0.29, 0.717) is 6.54 Å². The summed E-state index contributed by atoms with van der Waals surface area (Å²) in [4.78, 5) is 13.7. The fourth-order valence-electron chi connectivity index (χ4n) is 1.93. The topological polar surface area (TPSA) is 55.6 Å². The van der Waals surface area contributed by atoms with Crippen LogP contribution in [0, 0.1) is 12.8 Å². The number of amides is 1. The number of carbonyl (C=O) groups is 1. The second-order valence-corrected chi connectivity index (χ2v) is 5.27. The number of carbonyl (C=O) groups excluding carboxylic acids is 1. The second kappa shape index (κ2) is 6.57. The Morgan fingerprint density at radius 1 is 1.42 bits per heavy atom. The van der Waals surface area contributed by atoms with Crippen LogP contribution in [0.1, 0.15) is 25.0 Å². The molecule has 0 saturated carbocycles. The Morgan fingerprint density at radius 2 is 2.05 bits per heavy atom. The van der Waals surface area contributed by atoms with Gasteiger partial charge in [-0.3, -0.25) is 4.79 Å². The van der Waals surface area contributed by atoms with Gasteiger partial charge in [0.1, 0.15) is 5.75 Å². The summed E-state index contributed by atoms with van der Waals surface area (Å²) in [6, 6.07) is 5.48. The van der Waals surface area contributed by atoms with Crippen molar-refractivity contribution in [1.29, 1.82) is 0 Å². The van der Waals surface area contributed by atoms with Crippen LogP contribution in [0.15, 0.2) is 18.2 Å². The minimum absolute atomic E-state index is 0.0246. The van der Waals surface area contributed by atoms with Crippen molar-refractivity contribution in [2.24, 2.45) is 11.7 Å². The van der Waals surface area contributed by atoms with Gasteiger partial charge in [-0.25, -0.2) is 0 Å². The summed E-state index contributed by atoms with van der Waals surface area (Å²) in [5, 5.41) is 0. The van der Waals surface area contributed by atoms with Gasteiger partial charge in [-0.05, 0) is 30.0 Å². The third kappa shape index (κ3) is 3.96. The number of methoxy groups -OCH3 is 1. The monoisotopic (exact) mass is 264 g/mol. The predicted octanol–water partition coefficient (Wildman–Crippen LogP) is 1.95. The van der Waals surface area contributed by atoms with Crippen LogP contribution in [0.4, 0.5) is 0 Å². The third-order valence-corrected chi connectivity index (χ3v) is 3.26. The molecule has 0 bridgehead atoms. The van der Waals surface area contributed by atoms with Gasteiger partial charge in [-0.1, -0.05) is 26.0 Å². The van der Waals surface area contributed by atoms with Crippen LogP contribution in [0.5, 0.6) is 5.75 Å². The highest BCUT2D eigenvalue weighted by atomic mass is 16.5. The first-order valence-corrected chi connectivity index (χ1v) is 6.51. The van der Waals surface area contributed by atoms with Gasteiger partial charge in [0, 0.05) is 13.6 Å². The standard InChI is InChI=1S/C15H24N2O2/c1-10(2)14(16)15(18)17(4)9-12-6-7-13(19-5)11(3)8-12/h6-8,10,14H,9,16H2,1-5H3/t14-/m0/s1. The lowest BCUT2D eigenvalue weighted by Crippen LogP contribution is -2.44. The maximum atomic E-state index is 12.1. The van der Waals surface area contributed by atoms with E-state index in [4.69, 9.17) is 10.5 Å². The molecular formula is C15H24N2O2. The van der Waals surface area contributed by atoms with Gasteiger partial charge in [0.15, 0.2) is 0 Å². The van der Waals surface area contributed by atoms with Crippen LogP contribution in [-0.4, -0.2) is 31.0 Å². The minimum atomic E-state index is -0.440. The molecule has 0 spiro atoms. The molecule has 0 aromatic heterocycles. The number of rotatable bonds is 5. The molecule has 2 N–H and O–H groups in total. The summed E-state index contributed by atoms with van der Waals surface area (Å²) in [5.41, 5.74) is 8.02. The fraction of sp³-hybridized carbons (Fsp3) is 0.533. The van der Waals surface area contributed by atoms with Crippen molar-refractivity contribution in [3.05, 3.63) is 29.3 Å². The zero-order valence-electron chi connectivity index (χ0n) is 12.4. The van der Waals surface area contributed by atoms with Gasteiger partial charge in [0.2, 0.25) is 5.91 Å². The molecule has 0 aliphatic heterocycles. The number of benzene rings is 1. The Labute approximate surface area is 115 Å². The number of nitrogens with zero attached hydrogens (tertiary/aromatic N) is 1. The Kier molecular flexibility index (Phi) is 5.36. The molecule has 0 aliphatic carbocycles. The van der Waals surface area contributed by atoms with E-state index in [1.807, 2.05) is 39.0 Å². The SMILES string of the molecule is COc1ccc(CN(C)C(=O)[C@@H](N)C(C)C)cc1C. The maximum absolute atomic E-state index is 12.1. The summed E-state index contributed by atoms with van der Waals surface area (Å²) < 4.78 is 5.22. The van der Waals surface area contributed by atoms with Crippen molar-refractivity contribution in [3.63, 3.8) is 0 Å². The summed E-state index contributed by atoms with van der Waals surface area (Å²) >= 11 is 0. The van der Waals surface area contributed by atoms with Gasteiger partial charge < -0.3 is 15.4 Å². The average molecular weight is 264 g/mol. The Hall–Kier alpha value is -1.55. The summed E-state index contributed by atoms with van der Waals surface area (Å²) in [6.07, 6.45) is 0. The smallest absolute Gasteiger partial charge is 0.239 e. The van der Waals surface area contributed by atoms with E-state index in [2.05, 4.69) is 0 Å². The first-order chi connectivity index (χ1) is 8.86. The molecule has 0 heterocycles. The van der Waals surface area contributed by atoms with Crippen LogP contribution in [0.3, 0.4) is 0 Å². The number of hydrogen-bond acceptors (Lipinski definition) is 3. The predicted molar refractivity (Wildman–Crippen MR) is 77.0 cm³/mol. The number of aryl methyl sites for hydroxylation is 1. The van der Waals surface area contributed by atoms with E-state index in [-0.39, 0.29) is 11.8 Å². The zero-order valence-corrected chi connectivity index (χ0v) is 12.4.